The van der Waals surface area contributed by atoms with Gasteiger partial charge in [-0.15, -0.1) is 0 Å². The molecule has 1 aliphatic rings. The maximum absolute atomic E-state index is 9.72. The van der Waals surface area contributed by atoms with E-state index in [2.05, 4.69) is 127 Å². The Morgan fingerprint density at radius 3 is 1.92 bits per heavy atom. The van der Waals surface area contributed by atoms with Crippen molar-refractivity contribution in [2.75, 3.05) is 12.3 Å². The number of carbonyl (C=O) groups is 1. The van der Waals surface area contributed by atoms with Crippen LogP contribution in [0, 0.1) is 0 Å². The maximum Gasteiger partial charge on any atom is 0.303 e. The highest BCUT2D eigenvalue weighted by Crippen LogP contribution is 2.29. The molecule has 0 aliphatic carbocycles. The van der Waals surface area contributed by atoms with Crippen LogP contribution in [0.2, 0.25) is 0 Å². The number of hydrogen-bond donors (Lipinski definition) is 2. The summed E-state index contributed by atoms with van der Waals surface area (Å²) in [6.07, 6.45) is 7.18. The minimum absolute atomic E-state index is 0.110. The van der Waals surface area contributed by atoms with Crippen LogP contribution in [0.25, 0.3) is 0 Å². The standard InChI is InChI=1S/C27H26N2.C4H8O2S/c1-22-19-20-26(28-29(22)21-11-14-23-12-5-2-6-13-23)27(24-15-7-3-8-16-24)25-17-9-4-10-18-25;5-4(6)2-1-3-7/h2-10,12-13,15-20,27H,1,11,14,21H2;7H,1-3H2,(H,5,6). The van der Waals surface area contributed by atoms with Crippen molar-refractivity contribution in [1.29, 1.82) is 0 Å². The van der Waals surface area contributed by atoms with Crippen molar-refractivity contribution in [3.63, 3.8) is 0 Å². The highest BCUT2D eigenvalue weighted by atomic mass is 32.1. The molecule has 4 nitrogen and oxygen atoms in total. The van der Waals surface area contributed by atoms with Gasteiger partial charge in [-0.05, 0) is 53.9 Å². The molecule has 0 aromatic heterocycles. The van der Waals surface area contributed by atoms with Crippen molar-refractivity contribution >= 4 is 24.3 Å². The molecular weight excluding hydrogens is 464 g/mol. The fraction of sp³-hybridized carbons (Fsp3) is 0.226. The molecule has 186 valence electrons. The lowest BCUT2D eigenvalue weighted by atomic mass is 9.86. The van der Waals surface area contributed by atoms with Crippen LogP contribution in [0.5, 0.6) is 0 Å². The fourth-order valence-corrected chi connectivity index (χ4v) is 4.14. The van der Waals surface area contributed by atoms with Gasteiger partial charge < -0.3 is 5.11 Å². The van der Waals surface area contributed by atoms with Crippen molar-refractivity contribution in [3.8, 4) is 0 Å². The predicted octanol–water partition coefficient (Wildman–Crippen LogP) is 6.97. The second-order valence-electron chi connectivity index (χ2n) is 8.54. The predicted molar refractivity (Wildman–Crippen MR) is 153 cm³/mol. The molecule has 36 heavy (non-hydrogen) atoms. The average Bonchev–Trinajstić information content (AvgIpc) is 2.91. The summed E-state index contributed by atoms with van der Waals surface area (Å²) in [5, 5.41) is 15.1. The first-order chi connectivity index (χ1) is 17.6. The first kappa shape index (κ1) is 27.0. The van der Waals surface area contributed by atoms with Gasteiger partial charge in [0.1, 0.15) is 0 Å². The number of nitrogens with zero attached hydrogens (tertiary/aromatic N) is 2. The van der Waals surface area contributed by atoms with Gasteiger partial charge >= 0.3 is 5.97 Å². The van der Waals surface area contributed by atoms with Gasteiger partial charge in [0.2, 0.25) is 0 Å². The van der Waals surface area contributed by atoms with E-state index in [1.807, 2.05) is 0 Å². The number of carboxylic acids is 1. The summed E-state index contributed by atoms with van der Waals surface area (Å²) in [4.78, 5) is 9.72. The van der Waals surface area contributed by atoms with Crippen molar-refractivity contribution < 1.29 is 9.90 Å². The Morgan fingerprint density at radius 1 is 0.861 bits per heavy atom. The monoisotopic (exact) mass is 498 g/mol. The van der Waals surface area contributed by atoms with Crippen LogP contribution >= 0.6 is 12.6 Å². The lowest BCUT2D eigenvalue weighted by Gasteiger charge is -2.27. The zero-order chi connectivity index (χ0) is 25.6. The van der Waals surface area contributed by atoms with Gasteiger partial charge in [0.25, 0.3) is 0 Å². The zero-order valence-electron chi connectivity index (χ0n) is 20.5. The Bertz CT molecular complexity index is 1110. The van der Waals surface area contributed by atoms with Gasteiger partial charge in [0.05, 0.1) is 17.3 Å². The molecule has 0 amide bonds. The third-order valence-electron chi connectivity index (χ3n) is 5.80. The van der Waals surface area contributed by atoms with Crippen molar-refractivity contribution in [2.24, 2.45) is 5.10 Å². The van der Waals surface area contributed by atoms with Crippen LogP contribution in [0.1, 0.15) is 41.9 Å². The molecule has 0 radical (unpaired) electrons. The van der Waals surface area contributed by atoms with Gasteiger partial charge in [0.15, 0.2) is 0 Å². The van der Waals surface area contributed by atoms with Gasteiger partial charge in [-0.25, -0.2) is 0 Å². The number of aryl methyl sites for hydroxylation is 1. The lowest BCUT2D eigenvalue weighted by molar-refractivity contribution is -0.137. The number of carboxylic acid groups (broad SMARTS) is 1. The Hall–Kier alpha value is -3.57. The van der Waals surface area contributed by atoms with E-state index >= 15 is 0 Å². The summed E-state index contributed by atoms with van der Waals surface area (Å²) in [6, 6.07) is 31.8. The molecule has 0 fully saturated rings. The molecule has 5 heteroatoms. The second kappa shape index (κ2) is 14.7. The van der Waals surface area contributed by atoms with Crippen molar-refractivity contribution in [2.45, 2.75) is 31.6 Å². The van der Waals surface area contributed by atoms with Crippen LogP contribution in [-0.2, 0) is 11.2 Å². The largest absolute Gasteiger partial charge is 0.481 e. The zero-order valence-corrected chi connectivity index (χ0v) is 21.4. The number of hydrogen-bond acceptors (Lipinski definition) is 4. The minimum Gasteiger partial charge on any atom is -0.481 e. The van der Waals surface area contributed by atoms with Gasteiger partial charge in [-0.2, -0.15) is 17.7 Å². The van der Waals surface area contributed by atoms with E-state index in [0.29, 0.717) is 12.2 Å². The molecule has 4 rings (SSSR count). The average molecular weight is 499 g/mol. The molecule has 0 saturated carbocycles. The Kier molecular flexibility index (Phi) is 11.1. The van der Waals surface area contributed by atoms with Gasteiger partial charge in [-0.3, -0.25) is 9.80 Å². The number of benzene rings is 3. The highest BCUT2D eigenvalue weighted by molar-refractivity contribution is 7.80. The SMILES string of the molecule is C=C1C=CC(C(c2ccccc2)c2ccccc2)=NN1CCCc1ccccc1.O=C(O)CCCS. The van der Waals surface area contributed by atoms with E-state index in [4.69, 9.17) is 10.2 Å². The van der Waals surface area contributed by atoms with Crippen molar-refractivity contribution in [3.05, 3.63) is 132 Å². The molecule has 3 aromatic carbocycles. The highest BCUT2D eigenvalue weighted by Gasteiger charge is 2.22. The first-order valence-electron chi connectivity index (χ1n) is 12.3. The Labute approximate surface area is 220 Å². The van der Waals surface area contributed by atoms with Crippen molar-refractivity contribution in [1.82, 2.24) is 5.01 Å². The summed E-state index contributed by atoms with van der Waals surface area (Å²) in [5.74, 6) is 0.0270. The summed E-state index contributed by atoms with van der Waals surface area (Å²) >= 11 is 3.83. The molecular formula is C31H34N2O2S. The van der Waals surface area contributed by atoms with Crippen LogP contribution < -0.4 is 0 Å². The summed E-state index contributed by atoms with van der Waals surface area (Å²) in [5.41, 5.74) is 5.86. The third kappa shape index (κ3) is 8.58. The van der Waals surface area contributed by atoms with E-state index in [0.717, 1.165) is 30.8 Å². The van der Waals surface area contributed by atoms with Crippen LogP contribution in [0.15, 0.2) is 121 Å². The summed E-state index contributed by atoms with van der Waals surface area (Å²) < 4.78 is 0. The van der Waals surface area contributed by atoms with E-state index < -0.39 is 5.97 Å². The van der Waals surface area contributed by atoms with Crippen LogP contribution in [0.4, 0.5) is 0 Å². The minimum atomic E-state index is -0.742. The van der Waals surface area contributed by atoms with Gasteiger partial charge in [0, 0.05) is 13.0 Å². The number of allylic oxidation sites excluding steroid dienone is 2. The molecule has 0 atom stereocenters. The molecule has 0 unspecified atom stereocenters. The normalized spacial score (nSPS) is 12.7. The molecule has 1 N–H and O–H groups in total. The van der Waals surface area contributed by atoms with E-state index in [9.17, 15) is 4.79 Å². The number of hydrazone groups is 1. The molecule has 1 heterocycles. The molecule has 3 aromatic rings. The number of aliphatic carboxylic acids is 1. The Morgan fingerprint density at radius 2 is 1.42 bits per heavy atom. The lowest BCUT2D eigenvalue weighted by Crippen LogP contribution is -2.25. The Balaban J connectivity index is 0.000000454. The maximum atomic E-state index is 9.72. The van der Waals surface area contributed by atoms with Crippen LogP contribution in [-0.4, -0.2) is 34.1 Å². The number of rotatable bonds is 10. The first-order valence-corrected chi connectivity index (χ1v) is 12.9. The topological polar surface area (TPSA) is 52.9 Å². The molecule has 0 saturated heterocycles. The fourth-order valence-electron chi connectivity index (χ4n) is 3.98. The molecule has 0 bridgehead atoms. The van der Waals surface area contributed by atoms with Gasteiger partial charge in [-0.1, -0.05) is 97.6 Å². The van der Waals surface area contributed by atoms with E-state index in [1.54, 1.807) is 0 Å². The second-order valence-corrected chi connectivity index (χ2v) is 8.98. The third-order valence-corrected chi connectivity index (χ3v) is 6.12. The molecule has 1 aliphatic heterocycles. The smallest absolute Gasteiger partial charge is 0.303 e. The summed E-state index contributed by atoms with van der Waals surface area (Å²) in [7, 11) is 0. The van der Waals surface area contributed by atoms with Crippen LogP contribution in [0.3, 0.4) is 0 Å². The van der Waals surface area contributed by atoms with E-state index in [-0.39, 0.29) is 12.3 Å². The molecule has 0 spiro atoms. The summed E-state index contributed by atoms with van der Waals surface area (Å²) in [6.45, 7) is 5.05. The van der Waals surface area contributed by atoms with E-state index in [1.165, 1.54) is 16.7 Å². The quantitative estimate of drug-likeness (QED) is 0.297. The number of thiol groups is 1.